The van der Waals surface area contributed by atoms with Crippen LogP contribution in [-0.4, -0.2) is 25.2 Å². The molecule has 0 aliphatic carbocycles. The highest BCUT2D eigenvalue weighted by Crippen LogP contribution is 2.06. The van der Waals surface area contributed by atoms with Gasteiger partial charge >= 0.3 is 6.09 Å². The maximum absolute atomic E-state index is 11.6. The van der Waals surface area contributed by atoms with Crippen LogP contribution in [0.5, 0.6) is 0 Å². The van der Waals surface area contributed by atoms with E-state index in [9.17, 15) is 4.79 Å². The van der Waals surface area contributed by atoms with Crippen molar-refractivity contribution in [3.05, 3.63) is 35.9 Å². The van der Waals surface area contributed by atoms with Crippen LogP contribution in [0, 0.1) is 0 Å². The number of hydrogen-bond acceptors (Lipinski definition) is 3. The first-order chi connectivity index (χ1) is 8.84. The number of rotatable bonds is 3. The van der Waals surface area contributed by atoms with Crippen LogP contribution in [0.2, 0.25) is 0 Å². The highest BCUT2D eigenvalue weighted by Gasteiger charge is 2.14. The van der Waals surface area contributed by atoms with Crippen molar-refractivity contribution in [2.24, 2.45) is 0 Å². The first-order valence-corrected chi connectivity index (χ1v) is 6.52. The van der Waals surface area contributed by atoms with Crippen molar-refractivity contribution < 1.29 is 9.53 Å². The number of nitrogens with one attached hydrogen (secondary N) is 2. The van der Waals surface area contributed by atoms with E-state index in [1.807, 2.05) is 30.3 Å². The number of carbonyl (C=O) groups excluding carboxylic acids is 1. The molecule has 1 aliphatic rings. The summed E-state index contributed by atoms with van der Waals surface area (Å²) in [6, 6.07) is 9.96. The van der Waals surface area contributed by atoms with Crippen molar-refractivity contribution in [2.45, 2.75) is 31.9 Å². The molecule has 1 amide bonds. The van der Waals surface area contributed by atoms with E-state index in [0.29, 0.717) is 6.61 Å². The second-order valence-corrected chi connectivity index (χ2v) is 4.58. The first kappa shape index (κ1) is 12.9. The van der Waals surface area contributed by atoms with E-state index in [1.54, 1.807) is 0 Å². The molecule has 4 heteroatoms. The first-order valence-electron chi connectivity index (χ1n) is 6.52. The molecule has 4 nitrogen and oxygen atoms in total. The molecule has 98 valence electrons. The minimum absolute atomic E-state index is 0.239. The predicted octanol–water partition coefficient (Wildman–Crippen LogP) is 2.05. The van der Waals surface area contributed by atoms with E-state index in [1.165, 1.54) is 0 Å². The van der Waals surface area contributed by atoms with Gasteiger partial charge in [0.15, 0.2) is 0 Å². The number of carbonyl (C=O) groups is 1. The molecule has 0 saturated carbocycles. The normalized spacial score (nSPS) is 19.9. The van der Waals surface area contributed by atoms with Gasteiger partial charge in [-0.25, -0.2) is 4.79 Å². The second kappa shape index (κ2) is 7.01. The molecule has 1 atom stereocenters. The fourth-order valence-corrected chi connectivity index (χ4v) is 2.09. The predicted molar refractivity (Wildman–Crippen MR) is 70.3 cm³/mol. The Bertz CT molecular complexity index is 359. The lowest BCUT2D eigenvalue weighted by atomic mass is 10.1. The fourth-order valence-electron chi connectivity index (χ4n) is 2.09. The molecule has 2 N–H and O–H groups in total. The van der Waals surface area contributed by atoms with Crippen LogP contribution >= 0.6 is 0 Å². The molecule has 1 aromatic carbocycles. The Balaban J connectivity index is 1.71. The number of alkyl carbamates (subject to hydrolysis) is 1. The van der Waals surface area contributed by atoms with E-state index in [-0.39, 0.29) is 12.1 Å². The Morgan fingerprint density at radius 2 is 2.11 bits per heavy atom. The molecular formula is C14H20N2O2. The third-order valence-electron chi connectivity index (χ3n) is 3.11. The van der Waals surface area contributed by atoms with Crippen molar-refractivity contribution >= 4 is 6.09 Å². The quantitative estimate of drug-likeness (QED) is 0.860. The molecule has 1 fully saturated rings. The zero-order valence-electron chi connectivity index (χ0n) is 10.5. The van der Waals surface area contributed by atoms with Gasteiger partial charge in [0.05, 0.1) is 0 Å². The minimum Gasteiger partial charge on any atom is -0.445 e. The van der Waals surface area contributed by atoms with Crippen molar-refractivity contribution in [3.63, 3.8) is 0 Å². The monoisotopic (exact) mass is 248 g/mol. The van der Waals surface area contributed by atoms with Crippen molar-refractivity contribution in [1.82, 2.24) is 10.6 Å². The molecule has 18 heavy (non-hydrogen) atoms. The van der Waals surface area contributed by atoms with Gasteiger partial charge in [-0.2, -0.15) is 0 Å². The zero-order chi connectivity index (χ0) is 12.6. The molecule has 1 saturated heterocycles. The molecular weight excluding hydrogens is 228 g/mol. The number of hydrogen-bond donors (Lipinski definition) is 2. The van der Waals surface area contributed by atoms with Gasteiger partial charge in [-0.3, -0.25) is 0 Å². The van der Waals surface area contributed by atoms with Crippen LogP contribution in [0.4, 0.5) is 4.79 Å². The van der Waals surface area contributed by atoms with Crippen LogP contribution in [0.1, 0.15) is 24.8 Å². The summed E-state index contributed by atoms with van der Waals surface area (Å²) in [5, 5.41) is 6.24. The van der Waals surface area contributed by atoms with E-state index >= 15 is 0 Å². The lowest BCUT2D eigenvalue weighted by Crippen LogP contribution is -2.35. The molecule has 1 aromatic rings. The SMILES string of the molecule is O=C(N[C@@H]1CCCNCC1)OCc1ccccc1. The average molecular weight is 248 g/mol. The van der Waals surface area contributed by atoms with E-state index < -0.39 is 0 Å². The summed E-state index contributed by atoms with van der Waals surface area (Å²) in [7, 11) is 0. The smallest absolute Gasteiger partial charge is 0.407 e. The number of ether oxygens (including phenoxy) is 1. The Morgan fingerprint density at radius 1 is 1.28 bits per heavy atom. The molecule has 0 radical (unpaired) electrons. The van der Waals surface area contributed by atoms with Gasteiger partial charge in [-0.05, 0) is 37.9 Å². The molecule has 1 heterocycles. The highest BCUT2D eigenvalue weighted by atomic mass is 16.5. The van der Waals surface area contributed by atoms with Crippen LogP contribution in [0.15, 0.2) is 30.3 Å². The van der Waals surface area contributed by atoms with Crippen molar-refractivity contribution in [2.75, 3.05) is 13.1 Å². The Morgan fingerprint density at radius 3 is 2.94 bits per heavy atom. The summed E-state index contributed by atoms with van der Waals surface area (Å²) < 4.78 is 5.20. The minimum atomic E-state index is -0.314. The Kier molecular flexibility index (Phi) is 5.02. The van der Waals surface area contributed by atoms with E-state index in [4.69, 9.17) is 4.74 Å². The maximum atomic E-state index is 11.6. The third-order valence-corrected chi connectivity index (χ3v) is 3.11. The second-order valence-electron chi connectivity index (χ2n) is 4.58. The zero-order valence-corrected chi connectivity index (χ0v) is 10.5. The maximum Gasteiger partial charge on any atom is 0.407 e. The van der Waals surface area contributed by atoms with Crippen molar-refractivity contribution in [1.29, 1.82) is 0 Å². The van der Waals surface area contributed by atoms with Crippen LogP contribution in [0.3, 0.4) is 0 Å². The molecule has 0 spiro atoms. The van der Waals surface area contributed by atoms with Gasteiger partial charge in [0.1, 0.15) is 6.61 Å². The van der Waals surface area contributed by atoms with Gasteiger partial charge in [0.25, 0.3) is 0 Å². The summed E-state index contributed by atoms with van der Waals surface area (Å²) in [5.74, 6) is 0. The lowest BCUT2D eigenvalue weighted by Gasteiger charge is -2.15. The van der Waals surface area contributed by atoms with Gasteiger partial charge in [-0.1, -0.05) is 30.3 Å². The lowest BCUT2D eigenvalue weighted by molar-refractivity contribution is 0.135. The molecule has 0 unspecified atom stereocenters. The van der Waals surface area contributed by atoms with Crippen LogP contribution in [0.25, 0.3) is 0 Å². The highest BCUT2D eigenvalue weighted by molar-refractivity contribution is 5.67. The van der Waals surface area contributed by atoms with Gasteiger partial charge in [0, 0.05) is 6.04 Å². The standard InChI is InChI=1S/C14H20N2O2/c17-14(16-13-7-4-9-15-10-8-13)18-11-12-5-2-1-3-6-12/h1-3,5-6,13,15H,4,7-11H2,(H,16,17)/t13-/m1/s1. The van der Waals surface area contributed by atoms with E-state index in [0.717, 1.165) is 37.9 Å². The van der Waals surface area contributed by atoms with Crippen LogP contribution < -0.4 is 10.6 Å². The topological polar surface area (TPSA) is 50.4 Å². The third kappa shape index (κ3) is 4.37. The van der Waals surface area contributed by atoms with E-state index in [2.05, 4.69) is 10.6 Å². The molecule has 0 bridgehead atoms. The average Bonchev–Trinajstić information content (AvgIpc) is 2.66. The summed E-state index contributed by atoms with van der Waals surface area (Å²) in [6.07, 6.45) is 2.78. The summed E-state index contributed by atoms with van der Waals surface area (Å²) >= 11 is 0. The largest absolute Gasteiger partial charge is 0.445 e. The number of amides is 1. The Hall–Kier alpha value is -1.55. The molecule has 1 aliphatic heterocycles. The summed E-state index contributed by atoms with van der Waals surface area (Å²) in [4.78, 5) is 11.6. The molecule has 0 aromatic heterocycles. The van der Waals surface area contributed by atoms with Crippen LogP contribution in [-0.2, 0) is 11.3 Å². The fraction of sp³-hybridized carbons (Fsp3) is 0.500. The van der Waals surface area contributed by atoms with Gasteiger partial charge in [-0.15, -0.1) is 0 Å². The van der Waals surface area contributed by atoms with Gasteiger partial charge < -0.3 is 15.4 Å². The summed E-state index contributed by atoms with van der Waals surface area (Å²) in [6.45, 7) is 2.33. The van der Waals surface area contributed by atoms with Gasteiger partial charge in [0.2, 0.25) is 0 Å². The summed E-state index contributed by atoms with van der Waals surface area (Å²) in [5.41, 5.74) is 1.01. The van der Waals surface area contributed by atoms with Crippen molar-refractivity contribution in [3.8, 4) is 0 Å². The Labute approximate surface area is 108 Å². The molecule has 2 rings (SSSR count). The number of benzene rings is 1.